The molecule has 0 radical (unpaired) electrons. The molecule has 140 valence electrons. The summed E-state index contributed by atoms with van der Waals surface area (Å²) in [6.45, 7) is 2.99. The Kier molecular flexibility index (Phi) is 6.95. The van der Waals surface area contributed by atoms with Crippen molar-refractivity contribution in [2.45, 2.75) is 19.8 Å². The Morgan fingerprint density at radius 2 is 1.93 bits per heavy atom. The van der Waals surface area contributed by atoms with Crippen LogP contribution in [-0.2, 0) is 11.2 Å². The quantitative estimate of drug-likeness (QED) is 0.385. The van der Waals surface area contributed by atoms with Crippen LogP contribution >= 0.6 is 34.4 Å². The number of carbonyl (C=O) groups excluding carboxylic acids is 2. The standard InChI is InChI=1S/C21H20INO3S/c1-2-26-18-11-10-16(13-17(18)22)14-19-20(24)23(21(25)27-19)12-6-9-15-7-4-3-5-8-15/h3-5,7-8,10-11,13-14H,2,6,9,12H2,1H3/b19-14+. The van der Waals surface area contributed by atoms with Gasteiger partial charge in [0.25, 0.3) is 11.1 Å². The fraction of sp³-hybridized carbons (Fsp3) is 0.238. The van der Waals surface area contributed by atoms with E-state index in [1.165, 1.54) is 10.5 Å². The molecule has 1 fully saturated rings. The van der Waals surface area contributed by atoms with Crippen LogP contribution in [0.2, 0.25) is 0 Å². The van der Waals surface area contributed by atoms with Gasteiger partial charge in [0.15, 0.2) is 0 Å². The van der Waals surface area contributed by atoms with Gasteiger partial charge in [0.05, 0.1) is 15.1 Å². The highest BCUT2D eigenvalue weighted by atomic mass is 127. The first-order chi connectivity index (χ1) is 13.1. The lowest BCUT2D eigenvalue weighted by molar-refractivity contribution is -0.122. The third-order valence-corrected chi connectivity index (χ3v) is 5.87. The summed E-state index contributed by atoms with van der Waals surface area (Å²) in [4.78, 5) is 26.7. The fourth-order valence-electron chi connectivity index (χ4n) is 2.81. The minimum absolute atomic E-state index is 0.194. The molecular weight excluding hydrogens is 473 g/mol. The van der Waals surface area contributed by atoms with Gasteiger partial charge in [-0.2, -0.15) is 0 Å². The highest BCUT2D eigenvalue weighted by molar-refractivity contribution is 14.1. The van der Waals surface area contributed by atoms with Gasteiger partial charge in [-0.1, -0.05) is 36.4 Å². The van der Waals surface area contributed by atoms with Crippen LogP contribution in [0.4, 0.5) is 4.79 Å². The third kappa shape index (κ3) is 5.13. The maximum atomic E-state index is 12.6. The van der Waals surface area contributed by atoms with Gasteiger partial charge < -0.3 is 4.74 Å². The van der Waals surface area contributed by atoms with Crippen molar-refractivity contribution < 1.29 is 14.3 Å². The summed E-state index contributed by atoms with van der Waals surface area (Å²) in [6, 6.07) is 15.8. The molecule has 0 unspecified atom stereocenters. The molecule has 2 amide bonds. The van der Waals surface area contributed by atoms with Crippen molar-refractivity contribution in [1.82, 2.24) is 4.90 Å². The second-order valence-electron chi connectivity index (χ2n) is 6.05. The Bertz CT molecular complexity index is 867. The first kappa shape index (κ1) is 19.9. The van der Waals surface area contributed by atoms with Gasteiger partial charge in [0.2, 0.25) is 0 Å². The van der Waals surface area contributed by atoms with Gasteiger partial charge in [-0.3, -0.25) is 14.5 Å². The summed E-state index contributed by atoms with van der Waals surface area (Å²) in [6.07, 6.45) is 3.38. The molecular formula is C21H20INO3S. The molecule has 1 aliphatic rings. The summed E-state index contributed by atoms with van der Waals surface area (Å²) >= 11 is 3.22. The molecule has 2 aromatic carbocycles. The molecule has 0 N–H and O–H groups in total. The number of carbonyl (C=O) groups is 2. The molecule has 3 rings (SSSR count). The van der Waals surface area contributed by atoms with Crippen molar-refractivity contribution in [2.24, 2.45) is 0 Å². The number of thioether (sulfide) groups is 1. The number of benzene rings is 2. The van der Waals surface area contributed by atoms with Crippen LogP contribution in [0, 0.1) is 3.57 Å². The number of aryl methyl sites for hydroxylation is 1. The van der Waals surface area contributed by atoms with Crippen LogP contribution in [0.5, 0.6) is 5.75 Å². The summed E-state index contributed by atoms with van der Waals surface area (Å²) in [5.41, 5.74) is 2.10. The van der Waals surface area contributed by atoms with E-state index in [1.807, 2.05) is 43.3 Å². The molecule has 0 aromatic heterocycles. The Morgan fingerprint density at radius 3 is 2.63 bits per heavy atom. The van der Waals surface area contributed by atoms with E-state index < -0.39 is 0 Å². The number of nitrogens with zero attached hydrogens (tertiary/aromatic N) is 1. The third-order valence-electron chi connectivity index (χ3n) is 4.12. The Hall–Kier alpha value is -1.80. The molecule has 4 nitrogen and oxygen atoms in total. The van der Waals surface area contributed by atoms with Crippen LogP contribution in [-0.4, -0.2) is 29.2 Å². The van der Waals surface area contributed by atoms with Gasteiger partial charge in [-0.25, -0.2) is 0 Å². The van der Waals surface area contributed by atoms with E-state index in [0.29, 0.717) is 18.1 Å². The van der Waals surface area contributed by atoms with Gasteiger partial charge in [-0.05, 0) is 83.5 Å². The summed E-state index contributed by atoms with van der Waals surface area (Å²) in [7, 11) is 0. The highest BCUT2D eigenvalue weighted by Gasteiger charge is 2.34. The molecule has 1 saturated heterocycles. The van der Waals surface area contributed by atoms with E-state index in [2.05, 4.69) is 34.7 Å². The first-order valence-electron chi connectivity index (χ1n) is 8.80. The zero-order chi connectivity index (χ0) is 19.2. The van der Waals surface area contributed by atoms with Crippen LogP contribution in [0.15, 0.2) is 53.4 Å². The van der Waals surface area contributed by atoms with Crippen LogP contribution in [0.1, 0.15) is 24.5 Å². The second kappa shape index (κ2) is 9.41. The average Bonchev–Trinajstić information content (AvgIpc) is 2.92. The van der Waals surface area contributed by atoms with Crippen molar-refractivity contribution >= 4 is 51.6 Å². The predicted molar refractivity (Wildman–Crippen MR) is 118 cm³/mol. The number of amides is 2. The molecule has 0 bridgehead atoms. The number of halogens is 1. The Balaban J connectivity index is 1.64. The Morgan fingerprint density at radius 1 is 1.15 bits per heavy atom. The smallest absolute Gasteiger partial charge is 0.293 e. The number of hydrogen-bond donors (Lipinski definition) is 0. The van der Waals surface area contributed by atoms with Gasteiger partial charge in [-0.15, -0.1) is 0 Å². The average molecular weight is 493 g/mol. The van der Waals surface area contributed by atoms with E-state index in [4.69, 9.17) is 4.74 Å². The highest BCUT2D eigenvalue weighted by Crippen LogP contribution is 2.33. The number of hydrogen-bond acceptors (Lipinski definition) is 4. The second-order valence-corrected chi connectivity index (χ2v) is 8.20. The van der Waals surface area contributed by atoms with Gasteiger partial charge >= 0.3 is 0 Å². The zero-order valence-electron chi connectivity index (χ0n) is 15.0. The minimum atomic E-state index is -0.207. The predicted octanol–water partition coefficient (Wildman–Crippen LogP) is 5.36. The number of imide groups is 1. The summed E-state index contributed by atoms with van der Waals surface area (Å²) in [5.74, 6) is 0.617. The topological polar surface area (TPSA) is 46.6 Å². The monoisotopic (exact) mass is 493 g/mol. The van der Waals surface area contributed by atoms with Crippen molar-refractivity contribution in [1.29, 1.82) is 0 Å². The molecule has 0 saturated carbocycles. The van der Waals surface area contributed by atoms with E-state index in [9.17, 15) is 9.59 Å². The normalized spacial score (nSPS) is 15.6. The van der Waals surface area contributed by atoms with E-state index >= 15 is 0 Å². The maximum Gasteiger partial charge on any atom is 0.293 e. The zero-order valence-corrected chi connectivity index (χ0v) is 18.0. The lowest BCUT2D eigenvalue weighted by atomic mass is 10.1. The molecule has 1 heterocycles. The van der Waals surface area contributed by atoms with Crippen LogP contribution in [0.25, 0.3) is 6.08 Å². The molecule has 6 heteroatoms. The van der Waals surface area contributed by atoms with Crippen molar-refractivity contribution in [2.75, 3.05) is 13.2 Å². The number of ether oxygens (including phenoxy) is 1. The molecule has 1 aliphatic heterocycles. The van der Waals surface area contributed by atoms with Crippen molar-refractivity contribution in [3.05, 3.63) is 68.1 Å². The van der Waals surface area contributed by atoms with Crippen LogP contribution < -0.4 is 4.74 Å². The first-order valence-corrected chi connectivity index (χ1v) is 10.7. The van der Waals surface area contributed by atoms with E-state index in [-0.39, 0.29) is 11.1 Å². The SMILES string of the molecule is CCOc1ccc(/C=C2/SC(=O)N(CCCc3ccccc3)C2=O)cc1I. The van der Waals surface area contributed by atoms with Crippen molar-refractivity contribution in [3.63, 3.8) is 0 Å². The van der Waals surface area contributed by atoms with Crippen LogP contribution in [0.3, 0.4) is 0 Å². The molecule has 0 aliphatic carbocycles. The fourth-order valence-corrected chi connectivity index (χ4v) is 4.37. The van der Waals surface area contributed by atoms with Gasteiger partial charge in [0, 0.05) is 6.54 Å². The summed E-state index contributed by atoms with van der Waals surface area (Å²) in [5, 5.41) is -0.194. The number of rotatable bonds is 7. The lowest BCUT2D eigenvalue weighted by Crippen LogP contribution is -2.29. The van der Waals surface area contributed by atoms with Gasteiger partial charge in [0.1, 0.15) is 5.75 Å². The molecule has 0 atom stereocenters. The lowest BCUT2D eigenvalue weighted by Gasteiger charge is -2.12. The maximum absolute atomic E-state index is 12.6. The summed E-state index contributed by atoms with van der Waals surface area (Å²) < 4.78 is 6.51. The van der Waals surface area contributed by atoms with Crippen molar-refractivity contribution in [3.8, 4) is 5.75 Å². The Labute approximate surface area is 177 Å². The molecule has 2 aromatic rings. The molecule has 27 heavy (non-hydrogen) atoms. The van der Waals surface area contributed by atoms with E-state index in [1.54, 1.807) is 6.08 Å². The minimum Gasteiger partial charge on any atom is -0.493 e. The largest absolute Gasteiger partial charge is 0.493 e. The van der Waals surface area contributed by atoms with E-state index in [0.717, 1.165) is 39.5 Å². The molecule has 0 spiro atoms.